The van der Waals surface area contributed by atoms with Crippen LogP contribution in [0.5, 0.6) is 0 Å². The minimum absolute atomic E-state index is 0.0733. The second-order valence-corrected chi connectivity index (χ2v) is 9.34. The van der Waals surface area contributed by atoms with Gasteiger partial charge in [0.1, 0.15) is 5.82 Å². The van der Waals surface area contributed by atoms with E-state index in [4.69, 9.17) is 16.6 Å². The van der Waals surface area contributed by atoms with E-state index in [1.165, 1.54) is 11.1 Å². The highest BCUT2D eigenvalue weighted by Gasteiger charge is 2.22. The Labute approximate surface area is 195 Å². The molecular formula is C26H31ClN4O. The molecule has 2 aromatic carbocycles. The Bertz CT molecular complexity index is 1060. The van der Waals surface area contributed by atoms with Gasteiger partial charge in [-0.1, -0.05) is 41.9 Å². The lowest BCUT2D eigenvalue weighted by atomic mass is 9.86. The maximum atomic E-state index is 12.3. The van der Waals surface area contributed by atoms with Crippen LogP contribution in [-0.4, -0.2) is 37.6 Å². The standard InChI is InChI=1S/C26H31ClN4O/c1-31(2)24-16-25(30-23-6-4-3-5-22(23)24)29-21-13-9-19(10-14-21)17-28-26(32)15-18-7-11-20(27)12-8-18/h3-8,11-12,16,19,21H,9-10,13-15,17H2,1-2H3,(H,28,32)(H,29,30)/t19-,21+. The molecule has 3 aromatic rings. The molecule has 0 saturated heterocycles. The van der Waals surface area contributed by atoms with E-state index in [0.29, 0.717) is 23.4 Å². The summed E-state index contributed by atoms with van der Waals surface area (Å²) in [5.74, 6) is 1.54. The van der Waals surface area contributed by atoms with Gasteiger partial charge in [-0.2, -0.15) is 0 Å². The summed E-state index contributed by atoms with van der Waals surface area (Å²) in [6.45, 7) is 0.748. The Balaban J connectivity index is 1.27. The summed E-state index contributed by atoms with van der Waals surface area (Å²) in [4.78, 5) is 19.2. The monoisotopic (exact) mass is 450 g/mol. The van der Waals surface area contributed by atoms with Crippen LogP contribution in [0.15, 0.2) is 54.6 Å². The predicted molar refractivity (Wildman–Crippen MR) is 134 cm³/mol. The third-order valence-electron chi connectivity index (χ3n) is 6.24. The number of benzene rings is 2. The highest BCUT2D eigenvalue weighted by atomic mass is 35.5. The van der Waals surface area contributed by atoms with Gasteiger partial charge in [-0.3, -0.25) is 4.79 Å². The Hall–Kier alpha value is -2.79. The van der Waals surface area contributed by atoms with Crippen molar-refractivity contribution in [3.05, 3.63) is 65.2 Å². The van der Waals surface area contributed by atoms with E-state index < -0.39 is 0 Å². The predicted octanol–water partition coefficient (Wildman–Crippen LogP) is 5.28. The van der Waals surface area contributed by atoms with E-state index in [0.717, 1.165) is 49.1 Å². The Kier molecular flexibility index (Phi) is 7.15. The van der Waals surface area contributed by atoms with Gasteiger partial charge in [-0.05, 0) is 55.4 Å². The first-order valence-electron chi connectivity index (χ1n) is 11.3. The Morgan fingerprint density at radius 1 is 1.06 bits per heavy atom. The second kappa shape index (κ2) is 10.2. The van der Waals surface area contributed by atoms with Crippen molar-refractivity contribution in [1.82, 2.24) is 10.3 Å². The van der Waals surface area contributed by atoms with Crippen molar-refractivity contribution in [3.63, 3.8) is 0 Å². The summed E-state index contributed by atoms with van der Waals surface area (Å²) in [5.41, 5.74) is 3.17. The number of amides is 1. The number of aromatic nitrogens is 1. The molecule has 0 spiro atoms. The molecule has 6 heteroatoms. The number of fused-ring (bicyclic) bond motifs is 1. The summed E-state index contributed by atoms with van der Waals surface area (Å²) < 4.78 is 0. The van der Waals surface area contributed by atoms with Crippen molar-refractivity contribution < 1.29 is 4.79 Å². The number of nitrogens with one attached hydrogen (secondary N) is 2. The molecule has 4 rings (SSSR count). The van der Waals surface area contributed by atoms with E-state index >= 15 is 0 Å². The van der Waals surface area contributed by atoms with E-state index in [-0.39, 0.29) is 5.91 Å². The van der Waals surface area contributed by atoms with Crippen molar-refractivity contribution >= 4 is 39.9 Å². The van der Waals surface area contributed by atoms with Crippen LogP contribution in [-0.2, 0) is 11.2 Å². The molecule has 1 amide bonds. The largest absolute Gasteiger partial charge is 0.377 e. The maximum Gasteiger partial charge on any atom is 0.224 e. The zero-order valence-corrected chi connectivity index (χ0v) is 19.5. The average molecular weight is 451 g/mol. The molecule has 1 heterocycles. The van der Waals surface area contributed by atoms with Crippen LogP contribution in [0.1, 0.15) is 31.2 Å². The minimum atomic E-state index is 0.0733. The van der Waals surface area contributed by atoms with Crippen molar-refractivity contribution in [2.45, 2.75) is 38.1 Å². The first kappa shape index (κ1) is 22.4. The highest BCUT2D eigenvalue weighted by molar-refractivity contribution is 6.30. The molecule has 0 bridgehead atoms. The van der Waals surface area contributed by atoms with Gasteiger partial charge in [0.25, 0.3) is 0 Å². The molecule has 1 fully saturated rings. The molecule has 1 aliphatic carbocycles. The van der Waals surface area contributed by atoms with Crippen molar-refractivity contribution in [3.8, 4) is 0 Å². The minimum Gasteiger partial charge on any atom is -0.377 e. The molecule has 1 aromatic heterocycles. The lowest BCUT2D eigenvalue weighted by Crippen LogP contribution is -2.34. The molecular weight excluding hydrogens is 420 g/mol. The van der Waals surface area contributed by atoms with Gasteiger partial charge in [0.2, 0.25) is 5.91 Å². The molecule has 32 heavy (non-hydrogen) atoms. The number of pyridine rings is 1. The van der Waals surface area contributed by atoms with E-state index in [1.807, 2.05) is 30.3 Å². The quantitative estimate of drug-likeness (QED) is 0.514. The molecule has 1 aliphatic rings. The average Bonchev–Trinajstić information content (AvgIpc) is 2.79. The van der Waals surface area contributed by atoms with E-state index in [1.54, 1.807) is 0 Å². The maximum absolute atomic E-state index is 12.3. The number of hydrogen-bond donors (Lipinski definition) is 2. The number of para-hydroxylation sites is 1. The van der Waals surface area contributed by atoms with E-state index in [9.17, 15) is 4.79 Å². The zero-order chi connectivity index (χ0) is 22.5. The van der Waals surface area contributed by atoms with Crippen LogP contribution >= 0.6 is 11.6 Å². The molecule has 0 unspecified atom stereocenters. The first-order valence-corrected chi connectivity index (χ1v) is 11.7. The summed E-state index contributed by atoms with van der Waals surface area (Å²) >= 11 is 5.91. The summed E-state index contributed by atoms with van der Waals surface area (Å²) in [5, 5.41) is 8.62. The van der Waals surface area contributed by atoms with Gasteiger partial charge < -0.3 is 15.5 Å². The SMILES string of the molecule is CN(C)c1cc(N[C@H]2CC[C@@H](CNC(=O)Cc3ccc(Cl)cc3)CC2)nc2ccccc12. The number of nitrogens with zero attached hydrogens (tertiary/aromatic N) is 2. The van der Waals surface area contributed by atoms with Gasteiger partial charge in [-0.15, -0.1) is 0 Å². The van der Waals surface area contributed by atoms with Crippen LogP contribution in [0.4, 0.5) is 11.5 Å². The number of carbonyl (C=O) groups is 1. The van der Waals surface area contributed by atoms with Crippen LogP contribution in [0.3, 0.4) is 0 Å². The number of carbonyl (C=O) groups excluding carboxylic acids is 1. The highest BCUT2D eigenvalue weighted by Crippen LogP contribution is 2.30. The van der Waals surface area contributed by atoms with Gasteiger partial charge in [-0.25, -0.2) is 4.98 Å². The number of hydrogen-bond acceptors (Lipinski definition) is 4. The lowest BCUT2D eigenvalue weighted by molar-refractivity contribution is -0.120. The van der Waals surface area contributed by atoms with Crippen molar-refractivity contribution in [2.75, 3.05) is 30.9 Å². The lowest BCUT2D eigenvalue weighted by Gasteiger charge is -2.30. The number of halogens is 1. The third kappa shape index (κ3) is 5.71. The smallest absolute Gasteiger partial charge is 0.224 e. The van der Waals surface area contributed by atoms with Gasteiger partial charge in [0.15, 0.2) is 0 Å². The van der Waals surface area contributed by atoms with Gasteiger partial charge in [0.05, 0.1) is 11.9 Å². The molecule has 0 atom stereocenters. The fourth-order valence-corrected chi connectivity index (χ4v) is 4.56. The normalized spacial score (nSPS) is 18.3. The van der Waals surface area contributed by atoms with E-state index in [2.05, 4.69) is 53.9 Å². The van der Waals surface area contributed by atoms with Crippen molar-refractivity contribution in [2.24, 2.45) is 5.92 Å². The fourth-order valence-electron chi connectivity index (χ4n) is 4.43. The topological polar surface area (TPSA) is 57.3 Å². The summed E-state index contributed by atoms with van der Waals surface area (Å²) in [6, 6.07) is 18.3. The molecule has 168 valence electrons. The first-order chi connectivity index (χ1) is 15.5. The van der Waals surface area contributed by atoms with Crippen LogP contribution < -0.4 is 15.5 Å². The Morgan fingerprint density at radius 3 is 2.50 bits per heavy atom. The molecule has 0 radical (unpaired) electrons. The molecule has 5 nitrogen and oxygen atoms in total. The second-order valence-electron chi connectivity index (χ2n) is 8.91. The number of rotatable bonds is 7. The fraction of sp³-hybridized carbons (Fsp3) is 0.385. The zero-order valence-electron chi connectivity index (χ0n) is 18.8. The molecule has 1 saturated carbocycles. The summed E-state index contributed by atoms with van der Waals surface area (Å²) in [6.07, 6.45) is 4.78. The van der Waals surface area contributed by atoms with Crippen LogP contribution in [0, 0.1) is 5.92 Å². The Morgan fingerprint density at radius 2 is 1.78 bits per heavy atom. The van der Waals surface area contributed by atoms with Crippen molar-refractivity contribution in [1.29, 1.82) is 0 Å². The van der Waals surface area contributed by atoms with Crippen LogP contribution in [0.25, 0.3) is 10.9 Å². The van der Waals surface area contributed by atoms with Gasteiger partial charge in [0, 0.05) is 48.8 Å². The third-order valence-corrected chi connectivity index (χ3v) is 6.49. The molecule has 0 aliphatic heterocycles. The van der Waals surface area contributed by atoms with Gasteiger partial charge >= 0.3 is 0 Å². The number of anilines is 2. The molecule has 2 N–H and O–H groups in total. The van der Waals surface area contributed by atoms with Crippen LogP contribution in [0.2, 0.25) is 5.02 Å². The summed E-state index contributed by atoms with van der Waals surface area (Å²) in [7, 11) is 4.13.